The van der Waals surface area contributed by atoms with E-state index in [4.69, 9.17) is 0 Å². The van der Waals surface area contributed by atoms with Gasteiger partial charge in [0.25, 0.3) is 0 Å². The van der Waals surface area contributed by atoms with Gasteiger partial charge in [0.1, 0.15) is 5.54 Å². The molecule has 1 aliphatic heterocycles. The van der Waals surface area contributed by atoms with E-state index in [-0.39, 0.29) is 0 Å². The van der Waals surface area contributed by atoms with Crippen LogP contribution in [0.2, 0.25) is 0 Å². The van der Waals surface area contributed by atoms with E-state index in [1.54, 1.807) is 0 Å². The van der Waals surface area contributed by atoms with Crippen molar-refractivity contribution in [3.05, 3.63) is 114 Å². The molecule has 6 heteroatoms. The number of nitrogens with zero attached hydrogens (tertiary/aromatic N) is 5. The van der Waals surface area contributed by atoms with Crippen LogP contribution < -0.4 is 0 Å². The van der Waals surface area contributed by atoms with Gasteiger partial charge in [-0.15, -0.1) is 5.10 Å². The first-order valence-electron chi connectivity index (χ1n) is 10.7. The van der Waals surface area contributed by atoms with E-state index in [1.807, 2.05) is 0 Å². The zero-order chi connectivity index (χ0) is 21.1. The monoisotopic (exact) mass is 427 g/mol. The van der Waals surface area contributed by atoms with E-state index in [0.29, 0.717) is 5.92 Å². The lowest BCUT2D eigenvalue weighted by Crippen LogP contribution is -2.41. The van der Waals surface area contributed by atoms with Gasteiger partial charge in [-0.1, -0.05) is 100 Å². The molecule has 1 aromatic heterocycles. The van der Waals surface area contributed by atoms with Gasteiger partial charge < -0.3 is 0 Å². The van der Waals surface area contributed by atoms with Crippen molar-refractivity contribution in [3.8, 4) is 0 Å². The Balaban J connectivity index is 1.79. The van der Waals surface area contributed by atoms with E-state index in [9.17, 15) is 0 Å². The number of piperidine rings is 1. The normalized spacial score (nSPS) is 15.8. The highest BCUT2D eigenvalue weighted by Crippen LogP contribution is 2.42. The molecule has 5 nitrogen and oxygen atoms in total. The fraction of sp³-hybridized carbons (Fsp3) is 0.240. The lowest BCUT2D eigenvalue weighted by atomic mass is 9.76. The summed E-state index contributed by atoms with van der Waals surface area (Å²) in [5.41, 5.74) is 2.78. The predicted octanol–water partition coefficient (Wildman–Crippen LogP) is 4.48. The van der Waals surface area contributed by atoms with Gasteiger partial charge >= 0.3 is 0 Å². The fourth-order valence-corrected chi connectivity index (χ4v) is 5.05. The van der Waals surface area contributed by atoms with Gasteiger partial charge in [-0.05, 0) is 40.0 Å². The molecular formula is C25H26N5P. The summed E-state index contributed by atoms with van der Waals surface area (Å²) in [4.78, 5) is 0. The third-order valence-electron chi connectivity index (χ3n) is 6.28. The summed E-state index contributed by atoms with van der Waals surface area (Å²) >= 11 is 0. The van der Waals surface area contributed by atoms with Crippen LogP contribution in [0.3, 0.4) is 0 Å². The molecule has 0 amide bonds. The lowest BCUT2D eigenvalue weighted by molar-refractivity contribution is 0.318. The van der Waals surface area contributed by atoms with Gasteiger partial charge in [0.05, 0.1) is 0 Å². The lowest BCUT2D eigenvalue weighted by Gasteiger charge is -2.38. The zero-order valence-corrected chi connectivity index (χ0v) is 18.5. The van der Waals surface area contributed by atoms with Crippen LogP contribution in [0.15, 0.2) is 91.0 Å². The maximum absolute atomic E-state index is 4.65. The number of rotatable bonds is 5. The highest BCUT2D eigenvalue weighted by Gasteiger charge is 2.42. The Morgan fingerprint density at radius 2 is 1.16 bits per heavy atom. The van der Waals surface area contributed by atoms with Crippen LogP contribution in [0.25, 0.3) is 0 Å². The third-order valence-corrected chi connectivity index (χ3v) is 6.80. The van der Waals surface area contributed by atoms with Crippen LogP contribution in [0.1, 0.15) is 41.3 Å². The van der Waals surface area contributed by atoms with E-state index in [0.717, 1.165) is 48.4 Å². The van der Waals surface area contributed by atoms with Crippen molar-refractivity contribution in [2.24, 2.45) is 0 Å². The molecule has 1 atom stereocenters. The third kappa shape index (κ3) is 3.58. The van der Waals surface area contributed by atoms with Gasteiger partial charge in [0.15, 0.2) is 5.82 Å². The first-order chi connectivity index (χ1) is 15.3. The Bertz CT molecular complexity index is 1010. The van der Waals surface area contributed by atoms with Crippen molar-refractivity contribution < 1.29 is 0 Å². The molecule has 3 aromatic carbocycles. The summed E-state index contributed by atoms with van der Waals surface area (Å²) in [7, 11) is 2.82. The Morgan fingerprint density at radius 1 is 0.710 bits per heavy atom. The first-order valence-corrected chi connectivity index (χ1v) is 11.3. The summed E-state index contributed by atoms with van der Waals surface area (Å²) in [6.07, 6.45) is 2.08. The van der Waals surface area contributed by atoms with E-state index in [2.05, 4.69) is 125 Å². The Hall–Kier alpha value is -2.88. The molecule has 0 aliphatic carbocycles. The molecule has 1 fully saturated rings. The molecule has 2 heterocycles. The molecule has 0 saturated carbocycles. The smallest absolute Gasteiger partial charge is 0.156 e. The van der Waals surface area contributed by atoms with Gasteiger partial charge in [-0.3, -0.25) is 4.67 Å². The number of tetrazole rings is 1. The van der Waals surface area contributed by atoms with Gasteiger partial charge in [-0.2, -0.15) is 0 Å². The minimum absolute atomic E-state index is 0.322. The maximum Gasteiger partial charge on any atom is 0.156 e. The van der Waals surface area contributed by atoms with Crippen molar-refractivity contribution in [2.45, 2.75) is 24.3 Å². The van der Waals surface area contributed by atoms with E-state index >= 15 is 0 Å². The minimum Gasteiger partial charge on any atom is -0.287 e. The SMILES string of the molecule is PN1CCC(c2nnnn2C(c2ccccc2)(c2ccccc2)c2ccccc2)CC1. The quantitative estimate of drug-likeness (QED) is 0.348. The molecule has 156 valence electrons. The van der Waals surface area contributed by atoms with Crippen LogP contribution in [0.4, 0.5) is 0 Å². The highest BCUT2D eigenvalue weighted by atomic mass is 31.0. The summed E-state index contributed by atoms with van der Waals surface area (Å²) in [5, 5.41) is 13.4. The summed E-state index contributed by atoms with van der Waals surface area (Å²) < 4.78 is 4.37. The van der Waals surface area contributed by atoms with Crippen LogP contribution >= 0.6 is 9.39 Å². The highest BCUT2D eigenvalue weighted by molar-refractivity contribution is 7.13. The molecule has 1 unspecified atom stereocenters. The molecule has 31 heavy (non-hydrogen) atoms. The molecule has 1 saturated heterocycles. The zero-order valence-electron chi connectivity index (χ0n) is 17.4. The van der Waals surface area contributed by atoms with Crippen LogP contribution in [0.5, 0.6) is 0 Å². The molecule has 0 spiro atoms. The van der Waals surface area contributed by atoms with Gasteiger partial charge in [0.2, 0.25) is 0 Å². The van der Waals surface area contributed by atoms with Crippen LogP contribution in [-0.2, 0) is 5.54 Å². The Morgan fingerprint density at radius 3 is 1.61 bits per heavy atom. The number of aromatic nitrogens is 4. The topological polar surface area (TPSA) is 46.8 Å². The van der Waals surface area contributed by atoms with Gasteiger partial charge in [-0.25, -0.2) is 4.68 Å². The van der Waals surface area contributed by atoms with Gasteiger partial charge in [0, 0.05) is 19.0 Å². The van der Waals surface area contributed by atoms with Crippen molar-refractivity contribution in [2.75, 3.05) is 13.1 Å². The average molecular weight is 427 g/mol. The molecule has 0 bridgehead atoms. The predicted molar refractivity (Wildman–Crippen MR) is 126 cm³/mol. The summed E-state index contributed by atoms with van der Waals surface area (Å²) in [6.45, 7) is 2.05. The minimum atomic E-state index is -0.652. The standard InChI is InChI=1S/C25H26N5P/c31-29-18-16-20(17-19-29)24-26-27-28-30(24)25(21-10-4-1-5-11-21,22-12-6-2-7-13-22)23-14-8-3-9-15-23/h1-15,20H,16-19,31H2. The van der Waals surface area contributed by atoms with Crippen molar-refractivity contribution >= 4 is 9.39 Å². The first kappa shape index (κ1) is 20.0. The fourth-order valence-electron chi connectivity index (χ4n) is 4.75. The molecule has 0 radical (unpaired) electrons. The molecule has 5 rings (SSSR count). The number of hydrogen-bond acceptors (Lipinski definition) is 4. The molecule has 4 aromatic rings. The Kier molecular flexibility index (Phi) is 5.63. The second kappa shape index (κ2) is 8.70. The number of hydrogen-bond donors (Lipinski definition) is 0. The number of benzene rings is 3. The molecule has 1 aliphatic rings. The molecule has 0 N–H and O–H groups in total. The summed E-state index contributed by atoms with van der Waals surface area (Å²) in [6, 6.07) is 31.8. The van der Waals surface area contributed by atoms with Crippen molar-refractivity contribution in [3.63, 3.8) is 0 Å². The van der Waals surface area contributed by atoms with Crippen molar-refractivity contribution in [1.29, 1.82) is 0 Å². The second-order valence-electron chi connectivity index (χ2n) is 8.07. The molecular weight excluding hydrogens is 401 g/mol. The second-order valence-corrected chi connectivity index (χ2v) is 8.80. The van der Waals surface area contributed by atoms with E-state index in [1.165, 1.54) is 0 Å². The summed E-state index contributed by atoms with van der Waals surface area (Å²) in [5.74, 6) is 1.27. The maximum atomic E-state index is 4.65. The average Bonchev–Trinajstić information content (AvgIpc) is 3.32. The Labute approximate surface area is 185 Å². The van der Waals surface area contributed by atoms with Crippen LogP contribution in [-0.4, -0.2) is 38.0 Å². The van der Waals surface area contributed by atoms with Crippen molar-refractivity contribution in [1.82, 2.24) is 24.9 Å². The largest absolute Gasteiger partial charge is 0.287 e. The van der Waals surface area contributed by atoms with Crippen LogP contribution in [0, 0.1) is 0 Å². The van der Waals surface area contributed by atoms with E-state index < -0.39 is 5.54 Å².